The summed E-state index contributed by atoms with van der Waals surface area (Å²) in [5, 5.41) is 17.6. The molecule has 1 fully saturated rings. The van der Waals surface area contributed by atoms with Gasteiger partial charge in [-0.2, -0.15) is 10.2 Å². The molecule has 1 aliphatic rings. The number of carbonyl (C=O) groups excluding carboxylic acids is 1. The van der Waals surface area contributed by atoms with E-state index in [0.717, 1.165) is 52.8 Å². The van der Waals surface area contributed by atoms with Crippen molar-refractivity contribution in [1.82, 2.24) is 35.3 Å². The average molecular weight is 443 g/mol. The minimum absolute atomic E-state index is 0.0130. The predicted molar refractivity (Wildman–Crippen MR) is 124 cm³/mol. The number of hydrogen-bond acceptors (Lipinski definition) is 6. The summed E-state index contributed by atoms with van der Waals surface area (Å²) >= 11 is 0. The third kappa shape index (κ3) is 4.77. The Morgan fingerprint density at radius 1 is 1.18 bits per heavy atom. The van der Waals surface area contributed by atoms with Gasteiger partial charge in [0.1, 0.15) is 5.82 Å². The number of aromatic amines is 1. The number of aryl methyl sites for hydroxylation is 2. The van der Waals surface area contributed by atoms with Crippen LogP contribution in [0.4, 0.5) is 11.6 Å². The van der Waals surface area contributed by atoms with Crippen molar-refractivity contribution in [3.63, 3.8) is 0 Å². The molecule has 9 nitrogen and oxygen atoms in total. The monoisotopic (exact) mass is 442 g/mol. The Balaban J connectivity index is 1.14. The molecule has 0 aliphatic heterocycles. The van der Waals surface area contributed by atoms with Crippen molar-refractivity contribution in [2.45, 2.75) is 39.2 Å². The molecule has 0 spiro atoms. The maximum absolute atomic E-state index is 12.6. The second-order valence-corrected chi connectivity index (χ2v) is 8.57. The van der Waals surface area contributed by atoms with Crippen LogP contribution in [0.3, 0.4) is 0 Å². The lowest BCUT2D eigenvalue weighted by molar-refractivity contribution is -0.128. The zero-order valence-corrected chi connectivity index (χ0v) is 18.6. The van der Waals surface area contributed by atoms with Gasteiger partial charge in [0.2, 0.25) is 5.91 Å². The Morgan fingerprint density at radius 3 is 2.76 bits per heavy atom. The number of H-pyrrole nitrogens is 1. The van der Waals surface area contributed by atoms with Crippen LogP contribution in [0.1, 0.15) is 41.3 Å². The molecular formula is C24H26N8O. The SMILES string of the molecule is Cc1cc(Nc2cc(C)[nH]n2)nc([C@H]2C[C@H](C(=O)NCc3ccc(-n4cccn4)nc3)C2)c1. The summed E-state index contributed by atoms with van der Waals surface area (Å²) in [7, 11) is 0. The number of nitrogens with one attached hydrogen (secondary N) is 3. The van der Waals surface area contributed by atoms with Crippen LogP contribution in [0.15, 0.2) is 55.0 Å². The van der Waals surface area contributed by atoms with Gasteiger partial charge in [0.05, 0.1) is 0 Å². The first-order chi connectivity index (χ1) is 16.0. The average Bonchev–Trinajstić information content (AvgIpc) is 3.43. The van der Waals surface area contributed by atoms with Crippen LogP contribution >= 0.6 is 0 Å². The summed E-state index contributed by atoms with van der Waals surface area (Å²) in [6.45, 7) is 4.48. The molecule has 0 saturated heterocycles. The quantitative estimate of drug-likeness (QED) is 0.403. The van der Waals surface area contributed by atoms with Crippen molar-refractivity contribution in [2.75, 3.05) is 5.32 Å². The highest BCUT2D eigenvalue weighted by atomic mass is 16.1. The first kappa shape index (κ1) is 20.9. The smallest absolute Gasteiger partial charge is 0.223 e. The van der Waals surface area contributed by atoms with Gasteiger partial charge in [-0.15, -0.1) is 0 Å². The fourth-order valence-corrected chi connectivity index (χ4v) is 4.05. The number of aromatic nitrogens is 6. The van der Waals surface area contributed by atoms with Gasteiger partial charge in [-0.25, -0.2) is 14.6 Å². The number of hydrogen-bond donors (Lipinski definition) is 3. The van der Waals surface area contributed by atoms with E-state index in [-0.39, 0.29) is 17.7 Å². The molecule has 4 heterocycles. The molecule has 0 radical (unpaired) electrons. The van der Waals surface area contributed by atoms with E-state index >= 15 is 0 Å². The summed E-state index contributed by atoms with van der Waals surface area (Å²) < 4.78 is 1.70. The second-order valence-electron chi connectivity index (χ2n) is 8.57. The normalized spacial score (nSPS) is 17.4. The van der Waals surface area contributed by atoms with E-state index in [2.05, 4.69) is 43.9 Å². The molecule has 9 heteroatoms. The molecule has 0 atom stereocenters. The summed E-state index contributed by atoms with van der Waals surface area (Å²) in [6, 6.07) is 11.8. The van der Waals surface area contributed by atoms with Gasteiger partial charge in [-0.1, -0.05) is 6.07 Å². The molecule has 4 aromatic heterocycles. The minimum atomic E-state index is 0.0130. The van der Waals surface area contributed by atoms with Crippen LogP contribution in [0.2, 0.25) is 0 Å². The summed E-state index contributed by atoms with van der Waals surface area (Å²) in [5.41, 5.74) is 4.10. The fraction of sp³-hybridized carbons (Fsp3) is 0.292. The first-order valence-electron chi connectivity index (χ1n) is 11.0. The molecule has 0 bridgehead atoms. The molecular weight excluding hydrogens is 416 g/mol. The number of anilines is 2. The van der Waals surface area contributed by atoms with Gasteiger partial charge < -0.3 is 10.6 Å². The number of amides is 1. The third-order valence-electron chi connectivity index (χ3n) is 5.89. The Labute approximate surface area is 191 Å². The largest absolute Gasteiger partial charge is 0.352 e. The lowest BCUT2D eigenvalue weighted by Crippen LogP contribution is -2.37. The minimum Gasteiger partial charge on any atom is -0.352 e. The third-order valence-corrected chi connectivity index (χ3v) is 5.89. The lowest BCUT2D eigenvalue weighted by atomic mass is 9.72. The molecule has 168 valence electrons. The summed E-state index contributed by atoms with van der Waals surface area (Å²) in [6.07, 6.45) is 6.94. The fourth-order valence-electron chi connectivity index (χ4n) is 4.05. The summed E-state index contributed by atoms with van der Waals surface area (Å²) in [5.74, 6) is 2.65. The second kappa shape index (κ2) is 8.85. The lowest BCUT2D eigenvalue weighted by Gasteiger charge is -2.34. The van der Waals surface area contributed by atoms with Gasteiger partial charge in [-0.3, -0.25) is 9.89 Å². The van der Waals surface area contributed by atoms with Crippen molar-refractivity contribution < 1.29 is 4.79 Å². The molecule has 1 aliphatic carbocycles. The van der Waals surface area contributed by atoms with Gasteiger partial charge >= 0.3 is 0 Å². The van der Waals surface area contributed by atoms with E-state index in [9.17, 15) is 4.79 Å². The van der Waals surface area contributed by atoms with Crippen LogP contribution in [0.5, 0.6) is 0 Å². The Kier molecular flexibility index (Phi) is 5.60. The standard InChI is InChI=1S/C24H26N8O/c1-15-8-20(28-21(9-15)29-22-10-16(2)30-31-22)18-11-19(12-18)24(33)26-14-17-4-5-23(25-13-17)32-7-3-6-27-32/h3-10,13,18-19H,11-12,14H2,1-2H3,(H,26,33)(H2,28,29,30,31)/t18-,19-. The Hall–Kier alpha value is -4.01. The topological polar surface area (TPSA) is 113 Å². The zero-order valence-electron chi connectivity index (χ0n) is 18.6. The van der Waals surface area contributed by atoms with E-state index < -0.39 is 0 Å². The van der Waals surface area contributed by atoms with E-state index in [0.29, 0.717) is 6.54 Å². The van der Waals surface area contributed by atoms with Gasteiger partial charge in [0.25, 0.3) is 0 Å². The number of pyridine rings is 2. The first-order valence-corrected chi connectivity index (χ1v) is 11.0. The van der Waals surface area contributed by atoms with E-state index in [4.69, 9.17) is 4.98 Å². The Morgan fingerprint density at radius 2 is 2.06 bits per heavy atom. The van der Waals surface area contributed by atoms with Crippen molar-refractivity contribution >= 4 is 17.5 Å². The highest BCUT2D eigenvalue weighted by molar-refractivity contribution is 5.79. The molecule has 4 aromatic rings. The highest BCUT2D eigenvalue weighted by Crippen LogP contribution is 2.41. The number of carbonyl (C=O) groups is 1. The molecule has 0 unspecified atom stereocenters. The van der Waals surface area contributed by atoms with Crippen LogP contribution in [0.25, 0.3) is 5.82 Å². The van der Waals surface area contributed by atoms with Crippen LogP contribution in [-0.2, 0) is 11.3 Å². The number of rotatable bonds is 7. The number of nitrogens with zero attached hydrogens (tertiary/aromatic N) is 5. The maximum Gasteiger partial charge on any atom is 0.223 e. The molecule has 1 saturated carbocycles. The summed E-state index contributed by atoms with van der Waals surface area (Å²) in [4.78, 5) is 21.8. The van der Waals surface area contributed by atoms with E-state index in [1.807, 2.05) is 43.5 Å². The zero-order chi connectivity index (χ0) is 22.8. The van der Waals surface area contributed by atoms with E-state index in [1.54, 1.807) is 17.1 Å². The highest BCUT2D eigenvalue weighted by Gasteiger charge is 2.36. The molecule has 0 aromatic carbocycles. The van der Waals surface area contributed by atoms with Crippen LogP contribution in [-0.4, -0.2) is 35.9 Å². The van der Waals surface area contributed by atoms with Gasteiger partial charge in [0.15, 0.2) is 11.6 Å². The Bertz CT molecular complexity index is 1240. The van der Waals surface area contributed by atoms with Crippen LogP contribution < -0.4 is 10.6 Å². The predicted octanol–water partition coefficient (Wildman–Crippen LogP) is 3.56. The molecule has 3 N–H and O–H groups in total. The van der Waals surface area contributed by atoms with Crippen molar-refractivity contribution in [1.29, 1.82) is 0 Å². The van der Waals surface area contributed by atoms with E-state index in [1.165, 1.54) is 0 Å². The maximum atomic E-state index is 12.6. The van der Waals surface area contributed by atoms with Gasteiger partial charge in [0, 0.05) is 54.4 Å². The van der Waals surface area contributed by atoms with Crippen LogP contribution in [0, 0.1) is 19.8 Å². The molecule has 33 heavy (non-hydrogen) atoms. The van der Waals surface area contributed by atoms with Crippen molar-refractivity contribution in [2.24, 2.45) is 5.92 Å². The molecule has 5 rings (SSSR count). The van der Waals surface area contributed by atoms with Crippen molar-refractivity contribution in [3.05, 3.63) is 77.5 Å². The van der Waals surface area contributed by atoms with Gasteiger partial charge in [-0.05, 0) is 62.1 Å². The van der Waals surface area contributed by atoms with Crippen molar-refractivity contribution in [3.8, 4) is 5.82 Å². The molecule has 1 amide bonds.